The number of nitrogens with zero attached hydrogens (tertiary/aromatic N) is 1. The van der Waals surface area contributed by atoms with Gasteiger partial charge in [-0.15, -0.1) is 0 Å². The highest BCUT2D eigenvalue weighted by atomic mass is 16.3. The summed E-state index contributed by atoms with van der Waals surface area (Å²) < 4.78 is 0. The molecule has 1 aromatic heterocycles. The largest absolute Gasteiger partial charge is 0.386 e. The minimum Gasteiger partial charge on any atom is -0.386 e. The average molecular weight is 394 g/mol. The van der Waals surface area contributed by atoms with Crippen LogP contribution in [-0.2, 0) is 0 Å². The maximum absolute atomic E-state index is 13.0. The smallest absolute Gasteiger partial charge is 0.251 e. The van der Waals surface area contributed by atoms with Crippen LogP contribution in [0.2, 0.25) is 0 Å². The van der Waals surface area contributed by atoms with Gasteiger partial charge in [-0.25, -0.2) is 0 Å². The van der Waals surface area contributed by atoms with Crippen LogP contribution in [0.4, 0.5) is 0 Å². The summed E-state index contributed by atoms with van der Waals surface area (Å²) in [5.41, 5.74) is 4.18. The van der Waals surface area contributed by atoms with E-state index in [4.69, 9.17) is 0 Å². The first-order valence-corrected chi connectivity index (χ1v) is 9.81. The van der Waals surface area contributed by atoms with Gasteiger partial charge in [0.1, 0.15) is 6.10 Å². The molecule has 4 rings (SSSR count). The normalized spacial score (nSPS) is 12.7. The standard InChI is InChI=1S/C26H22N2O2/c29-25(22-9-5-2-6-10-22)24(21-7-3-1-4-8-21)28-26(30)23-13-11-19(12-14-23)20-15-17-27-18-16-20/h1-18,24-25,29H,(H,28,30). The molecule has 0 fully saturated rings. The van der Waals surface area contributed by atoms with Gasteiger partial charge in [-0.3, -0.25) is 9.78 Å². The predicted molar refractivity (Wildman–Crippen MR) is 118 cm³/mol. The van der Waals surface area contributed by atoms with E-state index in [0.29, 0.717) is 5.56 Å². The van der Waals surface area contributed by atoms with E-state index in [1.807, 2.05) is 84.9 Å². The molecular formula is C26H22N2O2. The van der Waals surface area contributed by atoms with Crippen LogP contribution < -0.4 is 5.32 Å². The molecule has 0 spiro atoms. The number of nitrogens with one attached hydrogen (secondary N) is 1. The summed E-state index contributed by atoms with van der Waals surface area (Å²) in [6, 6.07) is 29.6. The van der Waals surface area contributed by atoms with Crippen LogP contribution in [0.1, 0.15) is 33.6 Å². The van der Waals surface area contributed by atoms with E-state index in [0.717, 1.165) is 22.3 Å². The number of hydrogen-bond acceptors (Lipinski definition) is 3. The van der Waals surface area contributed by atoms with Gasteiger partial charge in [0.05, 0.1) is 6.04 Å². The Hall–Kier alpha value is -3.76. The van der Waals surface area contributed by atoms with E-state index in [-0.39, 0.29) is 5.91 Å². The predicted octanol–water partition coefficient (Wildman–Crippen LogP) is 4.95. The van der Waals surface area contributed by atoms with E-state index < -0.39 is 12.1 Å². The van der Waals surface area contributed by atoms with Gasteiger partial charge < -0.3 is 10.4 Å². The zero-order chi connectivity index (χ0) is 20.8. The van der Waals surface area contributed by atoms with E-state index in [9.17, 15) is 9.90 Å². The molecule has 1 amide bonds. The zero-order valence-corrected chi connectivity index (χ0v) is 16.3. The lowest BCUT2D eigenvalue weighted by Crippen LogP contribution is -2.32. The SMILES string of the molecule is O=C(NC(c1ccccc1)C(O)c1ccccc1)c1ccc(-c2ccncc2)cc1. The van der Waals surface area contributed by atoms with E-state index in [1.54, 1.807) is 24.5 Å². The Morgan fingerprint density at radius 3 is 1.83 bits per heavy atom. The van der Waals surface area contributed by atoms with E-state index in [2.05, 4.69) is 10.3 Å². The fourth-order valence-corrected chi connectivity index (χ4v) is 3.43. The van der Waals surface area contributed by atoms with Crippen LogP contribution in [0.5, 0.6) is 0 Å². The molecule has 0 saturated heterocycles. The molecule has 4 nitrogen and oxygen atoms in total. The molecule has 148 valence electrons. The number of hydrogen-bond donors (Lipinski definition) is 2. The molecule has 30 heavy (non-hydrogen) atoms. The second-order valence-electron chi connectivity index (χ2n) is 7.03. The van der Waals surface area contributed by atoms with Crippen LogP contribution in [0, 0.1) is 0 Å². The zero-order valence-electron chi connectivity index (χ0n) is 16.3. The first-order valence-electron chi connectivity index (χ1n) is 9.81. The van der Waals surface area contributed by atoms with Gasteiger partial charge in [-0.2, -0.15) is 0 Å². The molecular weight excluding hydrogens is 372 g/mol. The number of carbonyl (C=O) groups is 1. The lowest BCUT2D eigenvalue weighted by Gasteiger charge is -2.25. The molecule has 2 unspecified atom stereocenters. The third-order valence-electron chi connectivity index (χ3n) is 5.06. The molecule has 0 aliphatic heterocycles. The second kappa shape index (κ2) is 9.16. The van der Waals surface area contributed by atoms with Crippen molar-refractivity contribution in [2.45, 2.75) is 12.1 Å². The van der Waals surface area contributed by atoms with Crippen molar-refractivity contribution in [3.63, 3.8) is 0 Å². The Morgan fingerprint density at radius 1 is 0.700 bits per heavy atom. The van der Waals surface area contributed by atoms with Gasteiger partial charge in [0, 0.05) is 18.0 Å². The third-order valence-corrected chi connectivity index (χ3v) is 5.06. The van der Waals surface area contributed by atoms with Crippen molar-refractivity contribution in [1.29, 1.82) is 0 Å². The van der Waals surface area contributed by atoms with Gasteiger partial charge >= 0.3 is 0 Å². The fourth-order valence-electron chi connectivity index (χ4n) is 3.43. The minimum absolute atomic E-state index is 0.236. The molecule has 2 N–H and O–H groups in total. The second-order valence-corrected chi connectivity index (χ2v) is 7.03. The van der Waals surface area contributed by atoms with Crippen LogP contribution in [0.25, 0.3) is 11.1 Å². The Bertz CT molecular complexity index is 1080. The van der Waals surface area contributed by atoms with Crippen molar-refractivity contribution in [2.75, 3.05) is 0 Å². The van der Waals surface area contributed by atoms with Gasteiger partial charge in [0.2, 0.25) is 0 Å². The number of pyridine rings is 1. The summed E-state index contributed by atoms with van der Waals surface area (Å²) in [6.07, 6.45) is 2.62. The Labute approximate surface area is 175 Å². The highest BCUT2D eigenvalue weighted by Crippen LogP contribution is 2.29. The summed E-state index contributed by atoms with van der Waals surface area (Å²) in [4.78, 5) is 17.0. The van der Waals surface area contributed by atoms with Crippen molar-refractivity contribution >= 4 is 5.91 Å². The molecule has 3 aromatic carbocycles. The quantitative estimate of drug-likeness (QED) is 0.486. The molecule has 4 aromatic rings. The fraction of sp³-hybridized carbons (Fsp3) is 0.0769. The number of benzene rings is 3. The van der Waals surface area contributed by atoms with Crippen LogP contribution in [0.3, 0.4) is 0 Å². The molecule has 0 bridgehead atoms. The van der Waals surface area contributed by atoms with Crippen molar-refractivity contribution in [2.24, 2.45) is 0 Å². The lowest BCUT2D eigenvalue weighted by atomic mass is 9.95. The van der Waals surface area contributed by atoms with Crippen molar-refractivity contribution < 1.29 is 9.90 Å². The maximum atomic E-state index is 13.0. The summed E-state index contributed by atoms with van der Waals surface area (Å²) in [7, 11) is 0. The molecule has 0 saturated carbocycles. The first-order chi connectivity index (χ1) is 14.7. The summed E-state index contributed by atoms with van der Waals surface area (Å²) in [5, 5.41) is 14.0. The minimum atomic E-state index is -0.867. The van der Waals surface area contributed by atoms with Crippen molar-refractivity contribution in [3.8, 4) is 11.1 Å². The maximum Gasteiger partial charge on any atom is 0.251 e. The molecule has 4 heteroatoms. The Kier molecular flexibility index (Phi) is 5.97. The van der Waals surface area contributed by atoms with Crippen LogP contribution >= 0.6 is 0 Å². The topological polar surface area (TPSA) is 62.2 Å². The summed E-state index contributed by atoms with van der Waals surface area (Å²) in [6.45, 7) is 0. The lowest BCUT2D eigenvalue weighted by molar-refractivity contribution is 0.0831. The summed E-state index contributed by atoms with van der Waals surface area (Å²) >= 11 is 0. The highest BCUT2D eigenvalue weighted by molar-refractivity contribution is 5.95. The molecule has 0 radical (unpaired) electrons. The summed E-state index contributed by atoms with van der Waals surface area (Å²) in [5.74, 6) is -0.236. The van der Waals surface area contributed by atoms with Crippen LogP contribution in [-0.4, -0.2) is 16.0 Å². The highest BCUT2D eigenvalue weighted by Gasteiger charge is 2.25. The Balaban J connectivity index is 1.57. The molecule has 0 aliphatic carbocycles. The van der Waals surface area contributed by atoms with Crippen LogP contribution in [0.15, 0.2) is 109 Å². The van der Waals surface area contributed by atoms with Gasteiger partial charge in [0.15, 0.2) is 0 Å². The number of carbonyl (C=O) groups excluding carboxylic acids is 1. The first kappa shape index (κ1) is 19.6. The van der Waals surface area contributed by atoms with Gasteiger partial charge in [-0.05, 0) is 46.5 Å². The van der Waals surface area contributed by atoms with Gasteiger partial charge in [-0.1, -0.05) is 72.8 Å². The molecule has 1 heterocycles. The van der Waals surface area contributed by atoms with Crippen molar-refractivity contribution in [1.82, 2.24) is 10.3 Å². The monoisotopic (exact) mass is 394 g/mol. The van der Waals surface area contributed by atoms with Gasteiger partial charge in [0.25, 0.3) is 5.91 Å². The van der Waals surface area contributed by atoms with Crippen molar-refractivity contribution in [3.05, 3.63) is 126 Å². The Morgan fingerprint density at radius 2 is 1.23 bits per heavy atom. The number of aliphatic hydroxyl groups excluding tert-OH is 1. The van der Waals surface area contributed by atoms with E-state index in [1.165, 1.54) is 0 Å². The molecule has 0 aliphatic rings. The number of aromatic nitrogens is 1. The average Bonchev–Trinajstić information content (AvgIpc) is 2.84. The number of amides is 1. The number of aliphatic hydroxyl groups is 1. The molecule has 2 atom stereocenters. The third kappa shape index (κ3) is 4.45. The number of rotatable bonds is 6. The van der Waals surface area contributed by atoms with E-state index >= 15 is 0 Å².